The third kappa shape index (κ3) is 4.46. The molecule has 3 unspecified atom stereocenters. The lowest BCUT2D eigenvalue weighted by Gasteiger charge is -2.42. The Hall–Kier alpha value is -1.32. The van der Waals surface area contributed by atoms with E-state index >= 15 is 0 Å². The number of fused-ring (bicyclic) bond motifs is 2. The second-order valence-electron chi connectivity index (χ2n) is 11.0. The minimum atomic E-state index is -0.997. The summed E-state index contributed by atoms with van der Waals surface area (Å²) in [5.41, 5.74) is -2.35. The summed E-state index contributed by atoms with van der Waals surface area (Å²) in [7, 11) is 1.12. The molecule has 3 heterocycles. The number of piperidine rings is 1. The van der Waals surface area contributed by atoms with Crippen LogP contribution in [0.25, 0.3) is 0 Å². The fourth-order valence-corrected chi connectivity index (χ4v) is 5.12. The molecule has 3 rings (SSSR count). The molecule has 3 atom stereocenters. The molecule has 0 aromatic rings. The summed E-state index contributed by atoms with van der Waals surface area (Å²) in [6, 6.07) is 0.0265. The van der Waals surface area contributed by atoms with E-state index in [-0.39, 0.29) is 36.2 Å². The third-order valence-corrected chi connectivity index (χ3v) is 7.28. The van der Waals surface area contributed by atoms with Crippen LogP contribution in [0.3, 0.4) is 0 Å². The number of methoxy groups -OCH3 is 1. The first kappa shape index (κ1) is 24.3. The van der Waals surface area contributed by atoms with E-state index in [1.54, 1.807) is 4.90 Å². The van der Waals surface area contributed by atoms with Gasteiger partial charge in [0, 0.05) is 18.5 Å². The number of ether oxygens (including phenoxy) is 2. The largest absolute Gasteiger partial charge is 0.467 e. The van der Waals surface area contributed by atoms with Crippen molar-refractivity contribution in [2.45, 2.75) is 102 Å². The lowest BCUT2D eigenvalue weighted by Crippen LogP contribution is -2.61. The number of rotatable bonds is 5. The van der Waals surface area contributed by atoms with Gasteiger partial charge in [0.2, 0.25) is 0 Å². The monoisotopic (exact) mass is 438 g/mol. The Kier molecular flexibility index (Phi) is 6.46. The van der Waals surface area contributed by atoms with E-state index in [1.165, 1.54) is 7.11 Å². The molecule has 9 heteroatoms. The molecular weight excluding hydrogens is 399 g/mol. The highest BCUT2D eigenvalue weighted by atomic mass is 16.7. The second kappa shape index (κ2) is 8.23. The topological polar surface area (TPSA) is 86.3 Å². The summed E-state index contributed by atoms with van der Waals surface area (Å²) in [5, 5.41) is 3.50. The van der Waals surface area contributed by atoms with Crippen LogP contribution in [0.4, 0.5) is 4.79 Å². The predicted octanol–water partition coefficient (Wildman–Crippen LogP) is 3.00. The highest BCUT2D eigenvalue weighted by Crippen LogP contribution is 2.45. The van der Waals surface area contributed by atoms with Crippen molar-refractivity contribution in [1.82, 2.24) is 10.2 Å². The van der Waals surface area contributed by atoms with Gasteiger partial charge in [-0.15, -0.1) is 0 Å². The number of likely N-dealkylation sites (tertiary alicyclic amines) is 1. The Bertz CT molecular complexity index is 691. The van der Waals surface area contributed by atoms with E-state index in [0.29, 0.717) is 19.5 Å². The molecule has 3 aliphatic rings. The van der Waals surface area contributed by atoms with E-state index in [4.69, 9.17) is 18.8 Å². The average molecular weight is 438 g/mol. The Balaban J connectivity index is 1.73. The predicted molar refractivity (Wildman–Crippen MR) is 118 cm³/mol. The highest BCUT2D eigenvalue weighted by Gasteiger charge is 2.63. The number of nitrogens with zero attached hydrogens (tertiary/aromatic N) is 1. The molecule has 3 aliphatic heterocycles. The quantitative estimate of drug-likeness (QED) is 0.522. The zero-order valence-corrected chi connectivity index (χ0v) is 20.4. The maximum atomic E-state index is 13.1. The number of amides is 1. The van der Waals surface area contributed by atoms with Gasteiger partial charge in [-0.3, -0.25) is 4.90 Å². The first-order valence-corrected chi connectivity index (χ1v) is 11.4. The lowest BCUT2D eigenvalue weighted by molar-refractivity contribution is -0.157. The summed E-state index contributed by atoms with van der Waals surface area (Å²) in [5.74, 6) is -0.411. The molecule has 0 aromatic heterocycles. The lowest BCUT2D eigenvalue weighted by atomic mass is 9.72. The summed E-state index contributed by atoms with van der Waals surface area (Å²) >= 11 is 0. The molecule has 31 heavy (non-hydrogen) atoms. The number of esters is 1. The van der Waals surface area contributed by atoms with Crippen molar-refractivity contribution in [1.29, 1.82) is 0 Å². The molecule has 3 saturated heterocycles. The summed E-state index contributed by atoms with van der Waals surface area (Å²) in [6.07, 6.45) is 2.37. The van der Waals surface area contributed by atoms with Crippen LogP contribution in [-0.4, -0.2) is 72.7 Å². The van der Waals surface area contributed by atoms with E-state index in [9.17, 15) is 9.59 Å². The molecule has 8 nitrogen and oxygen atoms in total. The van der Waals surface area contributed by atoms with Crippen molar-refractivity contribution in [2.24, 2.45) is 5.92 Å². The maximum Gasteiger partial charge on any atom is 0.457 e. The van der Waals surface area contributed by atoms with Gasteiger partial charge in [-0.2, -0.15) is 0 Å². The van der Waals surface area contributed by atoms with E-state index in [1.807, 2.05) is 48.5 Å². The van der Waals surface area contributed by atoms with Crippen molar-refractivity contribution in [3.05, 3.63) is 0 Å². The first-order chi connectivity index (χ1) is 14.2. The van der Waals surface area contributed by atoms with Crippen molar-refractivity contribution in [3.63, 3.8) is 0 Å². The molecule has 0 aliphatic carbocycles. The molecule has 1 N–H and O–H groups in total. The number of hydrogen-bond acceptors (Lipinski definition) is 7. The van der Waals surface area contributed by atoms with Gasteiger partial charge in [0.05, 0.1) is 18.3 Å². The third-order valence-electron chi connectivity index (χ3n) is 7.28. The standard InChI is InChI=1S/C22H39BN2O6/c1-19(2,3)29-18(27)25-14-16-15(22(25,11-13-24-16)17(26)28-8)10-9-12-23-30-20(4,5)21(6,7)31-23/h15-16,24H,9-14H2,1-8H3. The van der Waals surface area contributed by atoms with E-state index in [0.717, 1.165) is 19.2 Å². The van der Waals surface area contributed by atoms with Crippen LogP contribution in [0.2, 0.25) is 6.32 Å². The van der Waals surface area contributed by atoms with Gasteiger partial charge in [-0.05, 0) is 74.2 Å². The van der Waals surface area contributed by atoms with Gasteiger partial charge < -0.3 is 24.1 Å². The van der Waals surface area contributed by atoms with Gasteiger partial charge in [0.25, 0.3) is 0 Å². The van der Waals surface area contributed by atoms with Crippen LogP contribution in [0.1, 0.15) is 67.7 Å². The van der Waals surface area contributed by atoms with E-state index < -0.39 is 17.2 Å². The Morgan fingerprint density at radius 3 is 2.32 bits per heavy atom. The van der Waals surface area contributed by atoms with Gasteiger partial charge in [-0.1, -0.05) is 6.42 Å². The van der Waals surface area contributed by atoms with Crippen molar-refractivity contribution < 1.29 is 28.4 Å². The summed E-state index contributed by atoms with van der Waals surface area (Å²) in [4.78, 5) is 27.7. The number of nitrogens with one attached hydrogen (secondary N) is 1. The number of carbonyl (C=O) groups excluding carboxylic acids is 2. The average Bonchev–Trinajstić information content (AvgIpc) is 2.94. The molecule has 3 fully saturated rings. The molecule has 2 bridgehead atoms. The van der Waals surface area contributed by atoms with Crippen LogP contribution in [0.5, 0.6) is 0 Å². The highest BCUT2D eigenvalue weighted by molar-refractivity contribution is 6.45. The zero-order chi connectivity index (χ0) is 23.2. The fraction of sp³-hybridized carbons (Fsp3) is 0.909. The van der Waals surface area contributed by atoms with Crippen molar-refractivity contribution in [2.75, 3.05) is 20.2 Å². The first-order valence-electron chi connectivity index (χ1n) is 11.4. The molecular formula is C22H39BN2O6. The smallest absolute Gasteiger partial charge is 0.457 e. The fourth-order valence-electron chi connectivity index (χ4n) is 5.12. The van der Waals surface area contributed by atoms with Gasteiger partial charge >= 0.3 is 19.2 Å². The molecule has 0 radical (unpaired) electrons. The van der Waals surface area contributed by atoms with Crippen LogP contribution in [0, 0.1) is 5.92 Å². The van der Waals surface area contributed by atoms with Crippen molar-refractivity contribution >= 4 is 19.2 Å². The maximum absolute atomic E-state index is 13.1. The summed E-state index contributed by atoms with van der Waals surface area (Å²) in [6.45, 7) is 14.8. The molecule has 0 aromatic carbocycles. The SMILES string of the molecule is COC(=O)C12CCNC(CN1C(=O)OC(C)(C)C)C2CCCB1OC(C)(C)C(C)(C)O1. The Labute approximate surface area is 186 Å². The second-order valence-corrected chi connectivity index (χ2v) is 11.0. The molecule has 176 valence electrons. The minimum Gasteiger partial charge on any atom is -0.467 e. The van der Waals surface area contributed by atoms with E-state index in [2.05, 4.69) is 5.32 Å². The summed E-state index contributed by atoms with van der Waals surface area (Å²) < 4.78 is 23.1. The van der Waals surface area contributed by atoms with Gasteiger partial charge in [0.1, 0.15) is 11.1 Å². The van der Waals surface area contributed by atoms with Crippen LogP contribution < -0.4 is 5.32 Å². The van der Waals surface area contributed by atoms with Gasteiger partial charge in [-0.25, -0.2) is 9.59 Å². The molecule has 0 saturated carbocycles. The van der Waals surface area contributed by atoms with Gasteiger partial charge in [0.15, 0.2) is 0 Å². The Morgan fingerprint density at radius 2 is 1.77 bits per heavy atom. The molecule has 1 amide bonds. The van der Waals surface area contributed by atoms with Crippen LogP contribution in [0.15, 0.2) is 0 Å². The van der Waals surface area contributed by atoms with Crippen molar-refractivity contribution in [3.8, 4) is 0 Å². The zero-order valence-electron chi connectivity index (χ0n) is 20.4. The normalized spacial score (nSPS) is 31.6. The molecule has 0 spiro atoms. The Morgan fingerprint density at radius 1 is 1.16 bits per heavy atom. The van der Waals surface area contributed by atoms with Crippen LogP contribution in [-0.2, 0) is 23.6 Å². The minimum absolute atomic E-state index is 0.0265. The van der Waals surface area contributed by atoms with Crippen LogP contribution >= 0.6 is 0 Å². The number of hydrogen-bond donors (Lipinski definition) is 1. The number of carbonyl (C=O) groups is 2.